The van der Waals surface area contributed by atoms with E-state index in [0.29, 0.717) is 4.43 Å². The minimum absolute atomic E-state index is 0.236. The summed E-state index contributed by atoms with van der Waals surface area (Å²) >= 11 is 1.98. The zero-order valence-electron chi connectivity index (χ0n) is 5.56. The van der Waals surface area contributed by atoms with E-state index in [9.17, 15) is 9.59 Å². The van der Waals surface area contributed by atoms with Gasteiger partial charge in [0.15, 0.2) is 0 Å². The minimum atomic E-state index is -0.530. The molecule has 0 radical (unpaired) electrons. The van der Waals surface area contributed by atoms with E-state index in [-0.39, 0.29) is 5.91 Å². The van der Waals surface area contributed by atoms with E-state index in [1.54, 1.807) is 0 Å². The van der Waals surface area contributed by atoms with Crippen LogP contribution in [-0.4, -0.2) is 22.3 Å². The molecule has 0 fully saturated rings. The second kappa shape index (κ2) is 4.48. The van der Waals surface area contributed by atoms with Crippen LogP contribution in [0, 0.1) is 0 Å². The van der Waals surface area contributed by atoms with E-state index < -0.39 is 11.9 Å². The third-order valence-corrected chi connectivity index (χ3v) is 1.76. The van der Waals surface area contributed by atoms with Crippen molar-refractivity contribution in [2.75, 3.05) is 4.43 Å². The first-order valence-electron chi connectivity index (χ1n) is 2.70. The zero-order chi connectivity index (χ0) is 8.15. The maximum atomic E-state index is 10.5. The molecule has 0 aliphatic carbocycles. The molecule has 0 unspecified atom stereocenters. The summed E-state index contributed by atoms with van der Waals surface area (Å²) in [5.74, 6) is -0.731. The molecule has 0 aromatic carbocycles. The Labute approximate surface area is 72.7 Å². The van der Waals surface area contributed by atoms with Crippen LogP contribution in [0.25, 0.3) is 0 Å². The van der Waals surface area contributed by atoms with Crippen LogP contribution in [0.2, 0.25) is 0 Å². The number of nitrogens with two attached hydrogens (primary N) is 1. The highest BCUT2D eigenvalue weighted by Crippen LogP contribution is 1.89. The van der Waals surface area contributed by atoms with Crippen molar-refractivity contribution in [3.63, 3.8) is 0 Å². The average Bonchev–Trinajstić information content (AvgIpc) is 1.81. The van der Waals surface area contributed by atoms with Crippen molar-refractivity contribution >= 4 is 34.4 Å². The molecule has 0 aliphatic rings. The van der Waals surface area contributed by atoms with Gasteiger partial charge in [-0.2, -0.15) is 0 Å². The maximum Gasteiger partial charge on any atom is 0.240 e. The van der Waals surface area contributed by atoms with Crippen LogP contribution in [0.3, 0.4) is 0 Å². The molecule has 1 atom stereocenters. The lowest BCUT2D eigenvalue weighted by Crippen LogP contribution is -2.44. The number of nitrogens with one attached hydrogen (secondary N) is 1. The number of carbonyl (C=O) groups excluding carboxylic acids is 2. The van der Waals surface area contributed by atoms with E-state index in [2.05, 4.69) is 5.32 Å². The summed E-state index contributed by atoms with van der Waals surface area (Å²) in [6.07, 6.45) is 0. The number of hydrogen-bond donors (Lipinski definition) is 2. The predicted molar refractivity (Wildman–Crippen MR) is 45.7 cm³/mol. The normalized spacial score (nSPS) is 12.2. The Bertz CT molecular complexity index is 149. The van der Waals surface area contributed by atoms with Crippen LogP contribution in [0.4, 0.5) is 0 Å². The summed E-state index contributed by atoms with van der Waals surface area (Å²) in [4.78, 5) is 20.9. The molecule has 0 spiro atoms. The van der Waals surface area contributed by atoms with Gasteiger partial charge >= 0.3 is 0 Å². The van der Waals surface area contributed by atoms with Crippen LogP contribution in [0.5, 0.6) is 0 Å². The standard InChI is InChI=1S/C5H9IN2O2/c1-3(9)8-4(2-6)5(7)10/h4H,2H2,1H3,(H2,7,10)(H,8,9)/t4-/m0/s1. The maximum absolute atomic E-state index is 10.5. The summed E-state index contributed by atoms with van der Waals surface area (Å²) in [6.45, 7) is 1.35. The number of rotatable bonds is 3. The lowest BCUT2D eigenvalue weighted by Gasteiger charge is -2.09. The lowest BCUT2D eigenvalue weighted by molar-refractivity contribution is -0.125. The van der Waals surface area contributed by atoms with Crippen LogP contribution in [0.15, 0.2) is 0 Å². The second-order valence-electron chi connectivity index (χ2n) is 1.81. The van der Waals surface area contributed by atoms with Crippen LogP contribution < -0.4 is 11.1 Å². The molecule has 0 saturated carbocycles. The third kappa shape index (κ3) is 3.65. The number of hydrogen-bond acceptors (Lipinski definition) is 2. The fraction of sp³-hybridized carbons (Fsp3) is 0.600. The van der Waals surface area contributed by atoms with E-state index in [0.717, 1.165) is 0 Å². The van der Waals surface area contributed by atoms with E-state index >= 15 is 0 Å². The van der Waals surface area contributed by atoms with E-state index in [1.807, 2.05) is 22.6 Å². The smallest absolute Gasteiger partial charge is 0.240 e. The fourth-order valence-electron chi connectivity index (χ4n) is 0.431. The summed E-state index contributed by atoms with van der Waals surface area (Å²) in [5, 5.41) is 2.41. The lowest BCUT2D eigenvalue weighted by atomic mass is 10.3. The molecule has 58 valence electrons. The third-order valence-electron chi connectivity index (χ3n) is 0.875. The van der Waals surface area contributed by atoms with Gasteiger partial charge in [-0.05, 0) is 0 Å². The molecule has 0 heterocycles. The predicted octanol–water partition coefficient (Wildman–Crippen LogP) is -0.589. The molecule has 0 rings (SSSR count). The van der Waals surface area contributed by atoms with Gasteiger partial charge in [0.1, 0.15) is 6.04 Å². The Kier molecular flexibility index (Phi) is 4.33. The summed E-state index contributed by atoms with van der Waals surface area (Å²) in [5.41, 5.74) is 4.94. The quantitative estimate of drug-likeness (QED) is 0.523. The zero-order valence-corrected chi connectivity index (χ0v) is 7.71. The molecule has 0 bridgehead atoms. The Hall–Kier alpha value is -0.330. The van der Waals surface area contributed by atoms with Crippen molar-refractivity contribution in [2.45, 2.75) is 13.0 Å². The molecule has 0 aromatic rings. The van der Waals surface area contributed by atoms with Gasteiger partial charge in [0.2, 0.25) is 11.8 Å². The Morgan fingerprint density at radius 1 is 1.70 bits per heavy atom. The van der Waals surface area contributed by atoms with E-state index in [4.69, 9.17) is 5.73 Å². The van der Waals surface area contributed by atoms with Crippen LogP contribution in [-0.2, 0) is 9.59 Å². The number of amides is 2. The Morgan fingerprint density at radius 3 is 2.30 bits per heavy atom. The van der Waals surface area contributed by atoms with Gasteiger partial charge in [0.25, 0.3) is 0 Å². The van der Waals surface area contributed by atoms with Crippen molar-refractivity contribution < 1.29 is 9.59 Å². The first-order valence-corrected chi connectivity index (χ1v) is 4.23. The van der Waals surface area contributed by atoms with E-state index in [1.165, 1.54) is 6.92 Å². The molecule has 0 aliphatic heterocycles. The number of alkyl halides is 1. The Morgan fingerprint density at radius 2 is 2.20 bits per heavy atom. The van der Waals surface area contributed by atoms with Crippen molar-refractivity contribution in [3.8, 4) is 0 Å². The molecule has 3 N–H and O–H groups in total. The largest absolute Gasteiger partial charge is 0.368 e. The van der Waals surface area contributed by atoms with Gasteiger partial charge in [0, 0.05) is 11.4 Å². The van der Waals surface area contributed by atoms with Crippen molar-refractivity contribution in [1.29, 1.82) is 0 Å². The first-order chi connectivity index (χ1) is 4.57. The molecule has 2 amide bonds. The number of primary amides is 1. The van der Waals surface area contributed by atoms with Gasteiger partial charge < -0.3 is 11.1 Å². The average molecular weight is 256 g/mol. The highest BCUT2D eigenvalue weighted by molar-refractivity contribution is 14.1. The number of carbonyl (C=O) groups is 2. The molecular weight excluding hydrogens is 247 g/mol. The van der Waals surface area contributed by atoms with Gasteiger partial charge in [-0.3, -0.25) is 9.59 Å². The summed E-state index contributed by atoms with van der Waals surface area (Å²) < 4.78 is 0.507. The van der Waals surface area contributed by atoms with Crippen LogP contribution in [0.1, 0.15) is 6.92 Å². The van der Waals surface area contributed by atoms with Crippen molar-refractivity contribution in [2.24, 2.45) is 5.73 Å². The van der Waals surface area contributed by atoms with Gasteiger partial charge in [-0.15, -0.1) is 0 Å². The number of halogens is 1. The molecule has 10 heavy (non-hydrogen) atoms. The SMILES string of the molecule is CC(=O)N[C@@H](CI)C(N)=O. The molecular formula is C5H9IN2O2. The molecule has 0 saturated heterocycles. The first kappa shape index (κ1) is 9.67. The second-order valence-corrected chi connectivity index (χ2v) is 2.69. The topological polar surface area (TPSA) is 72.2 Å². The van der Waals surface area contributed by atoms with Gasteiger partial charge in [0.05, 0.1) is 0 Å². The minimum Gasteiger partial charge on any atom is -0.368 e. The monoisotopic (exact) mass is 256 g/mol. The summed E-state index contributed by atoms with van der Waals surface area (Å²) in [7, 11) is 0. The summed E-state index contributed by atoms with van der Waals surface area (Å²) in [6, 6.07) is -0.530. The highest BCUT2D eigenvalue weighted by Gasteiger charge is 2.13. The van der Waals surface area contributed by atoms with Crippen LogP contribution >= 0.6 is 22.6 Å². The molecule has 4 nitrogen and oxygen atoms in total. The van der Waals surface area contributed by atoms with Gasteiger partial charge in [-0.25, -0.2) is 0 Å². The van der Waals surface area contributed by atoms with Crippen molar-refractivity contribution in [3.05, 3.63) is 0 Å². The molecule has 0 aromatic heterocycles. The highest BCUT2D eigenvalue weighted by atomic mass is 127. The van der Waals surface area contributed by atoms with Gasteiger partial charge in [-0.1, -0.05) is 22.6 Å². The molecule has 5 heteroatoms. The van der Waals surface area contributed by atoms with Crippen molar-refractivity contribution in [1.82, 2.24) is 5.32 Å². The Balaban J connectivity index is 3.83. The fourth-order valence-corrected chi connectivity index (χ4v) is 1.09.